The van der Waals surface area contributed by atoms with E-state index in [1.54, 1.807) is 24.3 Å². The lowest BCUT2D eigenvalue weighted by Crippen LogP contribution is -2.48. The second kappa shape index (κ2) is 7.85. The highest BCUT2D eigenvalue weighted by atomic mass is 32.2. The van der Waals surface area contributed by atoms with Crippen molar-refractivity contribution in [2.45, 2.75) is 39.0 Å². The molecule has 1 aliphatic rings. The van der Waals surface area contributed by atoms with Crippen LogP contribution in [0.15, 0.2) is 29.2 Å². The van der Waals surface area contributed by atoms with Crippen LogP contribution in [0.2, 0.25) is 0 Å². The predicted octanol–water partition coefficient (Wildman–Crippen LogP) is 2.39. The molecule has 0 radical (unpaired) electrons. The van der Waals surface area contributed by atoms with Gasteiger partial charge >= 0.3 is 0 Å². The first kappa shape index (κ1) is 19.9. The lowest BCUT2D eigenvalue weighted by atomic mass is 9.92. The molecule has 1 N–H and O–H groups in total. The number of carbonyl (C=O) groups excluding carboxylic acids is 1. The SMILES string of the molecule is CCN1CCN(S(=O)(=O)c2ccc(NC(=O)CC(C)(C)C)cc2)CC1. The van der Waals surface area contributed by atoms with E-state index in [4.69, 9.17) is 0 Å². The van der Waals surface area contributed by atoms with Gasteiger partial charge in [0, 0.05) is 38.3 Å². The van der Waals surface area contributed by atoms with Gasteiger partial charge in [0.05, 0.1) is 4.90 Å². The van der Waals surface area contributed by atoms with Crippen LogP contribution < -0.4 is 5.32 Å². The first-order valence-electron chi connectivity index (χ1n) is 8.74. The third-order valence-corrected chi connectivity index (χ3v) is 6.16. The van der Waals surface area contributed by atoms with Crippen LogP contribution in [0.3, 0.4) is 0 Å². The molecule has 1 fully saturated rings. The third-order valence-electron chi connectivity index (χ3n) is 4.25. The molecular weight excluding hydrogens is 338 g/mol. The maximum atomic E-state index is 12.7. The Bertz CT molecular complexity index is 685. The molecule has 0 unspecified atom stereocenters. The Labute approximate surface area is 151 Å². The Morgan fingerprint density at radius 2 is 1.64 bits per heavy atom. The molecule has 6 nitrogen and oxygen atoms in total. The van der Waals surface area contributed by atoms with Crippen molar-refractivity contribution in [3.05, 3.63) is 24.3 Å². The van der Waals surface area contributed by atoms with Gasteiger partial charge < -0.3 is 10.2 Å². The number of rotatable bonds is 5. The van der Waals surface area contributed by atoms with E-state index in [0.29, 0.717) is 25.2 Å². The Morgan fingerprint density at radius 3 is 2.12 bits per heavy atom. The number of nitrogens with zero attached hydrogens (tertiary/aromatic N) is 2. The highest BCUT2D eigenvalue weighted by Crippen LogP contribution is 2.22. The first-order chi connectivity index (χ1) is 11.6. The van der Waals surface area contributed by atoms with E-state index in [1.807, 2.05) is 20.8 Å². The lowest BCUT2D eigenvalue weighted by Gasteiger charge is -2.33. The van der Waals surface area contributed by atoms with Gasteiger partial charge in [0.15, 0.2) is 0 Å². The summed E-state index contributed by atoms with van der Waals surface area (Å²) in [5.74, 6) is -0.0706. The molecule has 7 heteroatoms. The average Bonchev–Trinajstić information content (AvgIpc) is 2.53. The predicted molar refractivity (Wildman–Crippen MR) is 100 cm³/mol. The van der Waals surface area contributed by atoms with Crippen LogP contribution in [-0.4, -0.2) is 56.3 Å². The van der Waals surface area contributed by atoms with E-state index in [0.717, 1.165) is 19.6 Å². The maximum Gasteiger partial charge on any atom is 0.243 e. The summed E-state index contributed by atoms with van der Waals surface area (Å²) in [4.78, 5) is 14.5. The van der Waals surface area contributed by atoms with Gasteiger partial charge in [-0.15, -0.1) is 0 Å². The van der Waals surface area contributed by atoms with Crippen LogP contribution in [0.1, 0.15) is 34.1 Å². The number of amides is 1. The van der Waals surface area contributed by atoms with Crippen molar-refractivity contribution in [1.82, 2.24) is 9.21 Å². The molecule has 0 aromatic heterocycles. The lowest BCUT2D eigenvalue weighted by molar-refractivity contribution is -0.117. The second-order valence-electron chi connectivity index (χ2n) is 7.65. The normalized spacial score (nSPS) is 17.4. The van der Waals surface area contributed by atoms with Crippen molar-refractivity contribution in [1.29, 1.82) is 0 Å². The highest BCUT2D eigenvalue weighted by Gasteiger charge is 2.28. The number of piperazine rings is 1. The summed E-state index contributed by atoms with van der Waals surface area (Å²) in [5, 5.41) is 2.82. The van der Waals surface area contributed by atoms with Gasteiger partial charge in [-0.05, 0) is 36.2 Å². The topological polar surface area (TPSA) is 69.7 Å². The Morgan fingerprint density at radius 1 is 1.08 bits per heavy atom. The van der Waals surface area contributed by atoms with E-state index in [-0.39, 0.29) is 16.2 Å². The minimum atomic E-state index is -3.47. The van der Waals surface area contributed by atoms with Crippen LogP contribution in [-0.2, 0) is 14.8 Å². The number of sulfonamides is 1. The number of carbonyl (C=O) groups is 1. The molecule has 1 aromatic rings. The molecule has 0 bridgehead atoms. The summed E-state index contributed by atoms with van der Waals surface area (Å²) < 4.78 is 27.0. The van der Waals surface area contributed by atoms with Gasteiger partial charge in [-0.25, -0.2) is 8.42 Å². The number of anilines is 1. The fourth-order valence-corrected chi connectivity index (χ4v) is 4.25. The summed E-state index contributed by atoms with van der Waals surface area (Å²) in [6.45, 7) is 11.6. The zero-order valence-electron chi connectivity index (χ0n) is 15.6. The standard InChI is InChI=1S/C18H29N3O3S/c1-5-20-10-12-21(13-11-20)25(23,24)16-8-6-15(7-9-16)19-17(22)14-18(2,3)4/h6-9H,5,10-14H2,1-4H3,(H,19,22). The van der Waals surface area contributed by atoms with E-state index in [2.05, 4.69) is 17.1 Å². The first-order valence-corrected chi connectivity index (χ1v) is 10.2. The molecule has 1 aliphatic heterocycles. The zero-order valence-corrected chi connectivity index (χ0v) is 16.4. The van der Waals surface area contributed by atoms with Gasteiger partial charge in [0.25, 0.3) is 0 Å². The zero-order chi connectivity index (χ0) is 18.7. The molecular formula is C18H29N3O3S. The summed E-state index contributed by atoms with van der Waals surface area (Å²) >= 11 is 0. The van der Waals surface area contributed by atoms with E-state index < -0.39 is 10.0 Å². The minimum absolute atomic E-state index is 0.0706. The fraction of sp³-hybridized carbons (Fsp3) is 0.611. The van der Waals surface area contributed by atoms with Gasteiger partial charge in [0.1, 0.15) is 0 Å². The van der Waals surface area contributed by atoms with Crippen molar-refractivity contribution in [2.24, 2.45) is 5.41 Å². The summed E-state index contributed by atoms with van der Waals surface area (Å²) in [6, 6.07) is 6.42. The van der Waals surface area contributed by atoms with Crippen LogP contribution in [0.5, 0.6) is 0 Å². The smallest absolute Gasteiger partial charge is 0.243 e. The molecule has 2 rings (SSSR count). The van der Waals surface area contributed by atoms with E-state index >= 15 is 0 Å². The van der Waals surface area contributed by atoms with E-state index in [9.17, 15) is 13.2 Å². The van der Waals surface area contributed by atoms with Crippen molar-refractivity contribution in [2.75, 3.05) is 38.0 Å². The Balaban J connectivity index is 2.02. The van der Waals surface area contributed by atoms with Crippen LogP contribution in [0.25, 0.3) is 0 Å². The van der Waals surface area contributed by atoms with Crippen LogP contribution >= 0.6 is 0 Å². The van der Waals surface area contributed by atoms with Crippen LogP contribution in [0.4, 0.5) is 5.69 Å². The molecule has 1 heterocycles. The van der Waals surface area contributed by atoms with Gasteiger partial charge in [0.2, 0.25) is 15.9 Å². The molecule has 1 amide bonds. The van der Waals surface area contributed by atoms with Crippen molar-refractivity contribution >= 4 is 21.6 Å². The fourth-order valence-electron chi connectivity index (χ4n) is 2.83. The molecule has 0 saturated carbocycles. The van der Waals surface area contributed by atoms with Crippen molar-refractivity contribution in [3.8, 4) is 0 Å². The molecule has 1 saturated heterocycles. The summed E-state index contributed by atoms with van der Waals surface area (Å²) in [6.07, 6.45) is 0.411. The molecule has 1 aromatic carbocycles. The highest BCUT2D eigenvalue weighted by molar-refractivity contribution is 7.89. The van der Waals surface area contributed by atoms with Gasteiger partial charge in [-0.2, -0.15) is 4.31 Å². The van der Waals surface area contributed by atoms with Gasteiger partial charge in [-0.3, -0.25) is 4.79 Å². The summed E-state index contributed by atoms with van der Waals surface area (Å²) in [5.41, 5.74) is 0.526. The second-order valence-corrected chi connectivity index (χ2v) is 9.59. The molecule has 25 heavy (non-hydrogen) atoms. The quantitative estimate of drug-likeness (QED) is 0.867. The number of hydrogen-bond acceptors (Lipinski definition) is 4. The average molecular weight is 368 g/mol. The van der Waals surface area contributed by atoms with Gasteiger partial charge in [-0.1, -0.05) is 27.7 Å². The third kappa shape index (κ3) is 5.52. The Hall–Kier alpha value is -1.44. The summed E-state index contributed by atoms with van der Waals surface area (Å²) in [7, 11) is -3.47. The minimum Gasteiger partial charge on any atom is -0.326 e. The van der Waals surface area contributed by atoms with Crippen LogP contribution in [0, 0.1) is 5.41 Å². The number of likely N-dealkylation sites (N-methyl/N-ethyl adjacent to an activating group) is 1. The Kier molecular flexibility index (Phi) is 6.24. The monoisotopic (exact) mass is 367 g/mol. The largest absolute Gasteiger partial charge is 0.326 e. The number of benzene rings is 1. The number of nitrogens with one attached hydrogen (secondary N) is 1. The van der Waals surface area contributed by atoms with Crippen molar-refractivity contribution in [3.63, 3.8) is 0 Å². The van der Waals surface area contributed by atoms with E-state index in [1.165, 1.54) is 4.31 Å². The molecule has 0 atom stereocenters. The maximum absolute atomic E-state index is 12.7. The molecule has 0 spiro atoms. The van der Waals surface area contributed by atoms with Crippen molar-refractivity contribution < 1.29 is 13.2 Å². The number of hydrogen-bond donors (Lipinski definition) is 1. The molecule has 140 valence electrons. The molecule has 0 aliphatic carbocycles.